The Hall–Kier alpha value is -5.38. The Bertz CT molecular complexity index is 1640. The molecule has 10 nitrogen and oxygen atoms in total. The van der Waals surface area contributed by atoms with E-state index >= 15 is 0 Å². The van der Waals surface area contributed by atoms with Crippen molar-refractivity contribution < 1.29 is 42.7 Å². The lowest BCUT2D eigenvalue weighted by Crippen LogP contribution is -2.26. The first-order chi connectivity index (χ1) is 21.9. The van der Waals surface area contributed by atoms with Crippen LogP contribution < -0.4 is 33.7 Å². The molecule has 10 heteroatoms. The van der Waals surface area contributed by atoms with Crippen LogP contribution in [-0.4, -0.2) is 61.1 Å². The number of hydrogen-bond acceptors (Lipinski definition) is 9. The van der Waals surface area contributed by atoms with Crippen LogP contribution in [0.1, 0.15) is 31.8 Å². The molecule has 0 aliphatic heterocycles. The maximum atomic E-state index is 13.8. The van der Waals surface area contributed by atoms with Crippen LogP contribution in [0.25, 0.3) is 11.1 Å². The average molecular weight is 616 g/mol. The predicted molar refractivity (Wildman–Crippen MR) is 169 cm³/mol. The van der Waals surface area contributed by atoms with E-state index in [2.05, 4.69) is 5.32 Å². The lowest BCUT2D eigenvalue weighted by atomic mass is 9.93. The number of amides is 1. The van der Waals surface area contributed by atoms with Gasteiger partial charge in [-0.05, 0) is 71.6 Å². The van der Waals surface area contributed by atoms with Crippen LogP contribution in [0.3, 0.4) is 0 Å². The highest BCUT2D eigenvalue weighted by atomic mass is 16.5. The fraction of sp³-hybridized carbons (Fsp3) is 0.257. The first-order valence-electron chi connectivity index (χ1n) is 14.1. The van der Waals surface area contributed by atoms with Gasteiger partial charge in [0.15, 0.2) is 34.5 Å². The van der Waals surface area contributed by atoms with E-state index in [1.54, 1.807) is 62.8 Å². The van der Waals surface area contributed by atoms with Gasteiger partial charge in [-0.1, -0.05) is 24.3 Å². The third-order valence-electron chi connectivity index (χ3n) is 7.18. The maximum Gasteiger partial charge on any atom is 0.338 e. The molecule has 0 heterocycles. The van der Waals surface area contributed by atoms with Gasteiger partial charge in [-0.2, -0.15) is 0 Å². The number of carbonyl (C=O) groups is 2. The summed E-state index contributed by atoms with van der Waals surface area (Å²) in [5.41, 5.74) is 3.39. The molecule has 0 bridgehead atoms. The molecule has 0 saturated heterocycles. The summed E-state index contributed by atoms with van der Waals surface area (Å²) >= 11 is 0. The van der Waals surface area contributed by atoms with Gasteiger partial charge in [0, 0.05) is 12.1 Å². The summed E-state index contributed by atoms with van der Waals surface area (Å²) in [5, 5.41) is 3.01. The highest BCUT2D eigenvalue weighted by Crippen LogP contribution is 2.41. The highest BCUT2D eigenvalue weighted by Gasteiger charge is 2.23. The van der Waals surface area contributed by atoms with Crippen molar-refractivity contribution in [2.24, 2.45) is 0 Å². The minimum absolute atomic E-state index is 0.0991. The largest absolute Gasteiger partial charge is 0.493 e. The zero-order chi connectivity index (χ0) is 32.3. The van der Waals surface area contributed by atoms with E-state index in [0.717, 1.165) is 5.56 Å². The molecule has 4 aromatic rings. The molecule has 45 heavy (non-hydrogen) atoms. The summed E-state index contributed by atoms with van der Waals surface area (Å²) in [7, 11) is 9.21. The van der Waals surface area contributed by atoms with Gasteiger partial charge >= 0.3 is 5.97 Å². The van der Waals surface area contributed by atoms with Crippen molar-refractivity contribution in [1.29, 1.82) is 0 Å². The number of ether oxygens (including phenoxy) is 7. The lowest BCUT2D eigenvalue weighted by molar-refractivity contribution is 0.0473. The Morgan fingerprint density at radius 2 is 1.16 bits per heavy atom. The number of benzene rings is 4. The summed E-state index contributed by atoms with van der Waals surface area (Å²) in [5.74, 6) is 2.07. The van der Waals surface area contributed by atoms with Crippen molar-refractivity contribution in [3.63, 3.8) is 0 Å². The topological polar surface area (TPSA) is 111 Å². The van der Waals surface area contributed by atoms with Gasteiger partial charge in [0.2, 0.25) is 0 Å². The van der Waals surface area contributed by atoms with E-state index in [4.69, 9.17) is 33.2 Å². The van der Waals surface area contributed by atoms with Gasteiger partial charge in [-0.15, -0.1) is 0 Å². The molecule has 0 radical (unpaired) electrons. The van der Waals surface area contributed by atoms with E-state index in [1.807, 2.05) is 24.3 Å². The Morgan fingerprint density at radius 1 is 0.600 bits per heavy atom. The van der Waals surface area contributed by atoms with E-state index in [0.29, 0.717) is 75.3 Å². The maximum absolute atomic E-state index is 13.8. The van der Waals surface area contributed by atoms with Crippen LogP contribution in [-0.2, 0) is 17.8 Å². The van der Waals surface area contributed by atoms with Crippen molar-refractivity contribution in [2.45, 2.75) is 13.0 Å². The van der Waals surface area contributed by atoms with Gasteiger partial charge in [-0.3, -0.25) is 4.79 Å². The first kappa shape index (κ1) is 32.5. The average Bonchev–Trinajstić information content (AvgIpc) is 3.09. The van der Waals surface area contributed by atoms with Crippen molar-refractivity contribution in [3.8, 4) is 45.6 Å². The molecular formula is C35H37NO9. The standard InChI is InChI=1S/C35H37NO9/c1-39-28-13-12-22(16-29(28)40-2)14-15-36-34(37)27-20-33(44-6)32(43-5)19-26(27)25-18-31(42-4)30(41-3)17-24(25)21-45-35(38)23-10-8-7-9-11-23/h7-13,16-20H,14-15,21H2,1-6H3,(H,36,37). The highest BCUT2D eigenvalue weighted by molar-refractivity contribution is 6.02. The molecule has 0 fully saturated rings. The quantitative estimate of drug-likeness (QED) is 0.178. The van der Waals surface area contributed by atoms with Gasteiger partial charge < -0.3 is 38.5 Å². The van der Waals surface area contributed by atoms with Crippen LogP contribution in [0.4, 0.5) is 0 Å². The monoisotopic (exact) mass is 615 g/mol. The summed E-state index contributed by atoms with van der Waals surface area (Å²) in [6.45, 7) is 0.244. The third-order valence-corrected chi connectivity index (χ3v) is 7.18. The molecule has 0 unspecified atom stereocenters. The zero-order valence-electron chi connectivity index (χ0n) is 26.2. The minimum atomic E-state index is -0.489. The van der Waals surface area contributed by atoms with Crippen molar-refractivity contribution in [1.82, 2.24) is 5.32 Å². The van der Waals surface area contributed by atoms with E-state index in [1.165, 1.54) is 28.4 Å². The predicted octanol–water partition coefficient (Wildman–Crippen LogP) is 5.73. The minimum Gasteiger partial charge on any atom is -0.493 e. The second kappa shape index (κ2) is 15.4. The smallest absolute Gasteiger partial charge is 0.338 e. The number of methoxy groups -OCH3 is 6. The fourth-order valence-electron chi connectivity index (χ4n) is 4.83. The van der Waals surface area contributed by atoms with Crippen molar-refractivity contribution in [2.75, 3.05) is 49.2 Å². The molecule has 0 atom stereocenters. The summed E-state index contributed by atoms with van der Waals surface area (Å²) in [6.07, 6.45) is 0.547. The zero-order valence-corrected chi connectivity index (χ0v) is 26.2. The molecular weight excluding hydrogens is 578 g/mol. The Labute approximate surface area is 262 Å². The summed E-state index contributed by atoms with van der Waals surface area (Å²) < 4.78 is 38.7. The molecule has 0 aromatic heterocycles. The molecule has 0 saturated carbocycles. The Balaban J connectivity index is 1.71. The van der Waals surface area contributed by atoms with E-state index in [9.17, 15) is 9.59 Å². The molecule has 4 aromatic carbocycles. The SMILES string of the molecule is COc1ccc(CCNC(=O)c2cc(OC)c(OC)cc2-c2cc(OC)c(OC)cc2COC(=O)c2ccccc2)cc1OC. The lowest BCUT2D eigenvalue weighted by Gasteiger charge is -2.19. The Kier molecular flexibility index (Phi) is 11.1. The summed E-state index contributed by atoms with van der Waals surface area (Å²) in [6, 6.07) is 21.1. The molecule has 1 amide bonds. The van der Waals surface area contributed by atoms with Crippen LogP contribution in [0.2, 0.25) is 0 Å². The molecule has 0 aliphatic carbocycles. The van der Waals surface area contributed by atoms with Crippen LogP contribution >= 0.6 is 0 Å². The van der Waals surface area contributed by atoms with Crippen LogP contribution in [0, 0.1) is 0 Å². The van der Waals surface area contributed by atoms with Gasteiger partial charge in [0.1, 0.15) is 6.61 Å². The number of esters is 1. The summed E-state index contributed by atoms with van der Waals surface area (Å²) in [4.78, 5) is 26.6. The van der Waals surface area contributed by atoms with Gasteiger partial charge in [0.25, 0.3) is 5.91 Å². The van der Waals surface area contributed by atoms with E-state index in [-0.39, 0.29) is 12.5 Å². The third kappa shape index (κ3) is 7.59. The van der Waals surface area contributed by atoms with Crippen LogP contribution in [0.15, 0.2) is 72.8 Å². The number of carbonyl (C=O) groups excluding carboxylic acids is 2. The van der Waals surface area contributed by atoms with Gasteiger partial charge in [0.05, 0.1) is 53.8 Å². The Morgan fingerprint density at radius 3 is 1.78 bits per heavy atom. The molecule has 4 rings (SSSR count). The second-order valence-corrected chi connectivity index (χ2v) is 9.75. The van der Waals surface area contributed by atoms with Gasteiger partial charge in [-0.25, -0.2) is 4.79 Å². The second-order valence-electron chi connectivity index (χ2n) is 9.75. The molecule has 1 N–H and O–H groups in total. The molecule has 0 spiro atoms. The molecule has 236 valence electrons. The van der Waals surface area contributed by atoms with E-state index < -0.39 is 5.97 Å². The normalized spacial score (nSPS) is 10.4. The first-order valence-corrected chi connectivity index (χ1v) is 14.1. The van der Waals surface area contributed by atoms with Crippen molar-refractivity contribution in [3.05, 3.63) is 95.1 Å². The number of nitrogens with one attached hydrogen (secondary N) is 1. The number of hydrogen-bond donors (Lipinski definition) is 1. The number of rotatable bonds is 14. The molecule has 0 aliphatic rings. The fourth-order valence-corrected chi connectivity index (χ4v) is 4.83. The van der Waals surface area contributed by atoms with Crippen molar-refractivity contribution >= 4 is 11.9 Å². The van der Waals surface area contributed by atoms with Crippen LogP contribution in [0.5, 0.6) is 34.5 Å².